The molecular formula is C17H27NO2. The Morgan fingerprint density at radius 3 is 2.60 bits per heavy atom. The molecule has 1 unspecified atom stereocenters. The Labute approximate surface area is 122 Å². The second kappa shape index (κ2) is 10.4. The van der Waals surface area contributed by atoms with E-state index in [1.54, 1.807) is 24.5 Å². The maximum Gasteiger partial charge on any atom is 0.339 e. The molecule has 0 saturated carbocycles. The van der Waals surface area contributed by atoms with Crippen LogP contribution in [0.2, 0.25) is 0 Å². The standard InChI is InChI=1S/C17H27NO2/c1-3-5-6-7-8-9-12-16(4-2)20-17(19)15-11-10-13-18-14-15/h10-11,13-14,16H,3-9,12H2,1-2H3. The van der Waals surface area contributed by atoms with Gasteiger partial charge in [-0.3, -0.25) is 4.98 Å². The van der Waals surface area contributed by atoms with Crippen LogP contribution in [0.3, 0.4) is 0 Å². The molecule has 0 N–H and O–H groups in total. The molecule has 1 aromatic heterocycles. The third kappa shape index (κ3) is 6.69. The summed E-state index contributed by atoms with van der Waals surface area (Å²) < 4.78 is 5.53. The van der Waals surface area contributed by atoms with Crippen LogP contribution in [-0.2, 0) is 4.74 Å². The van der Waals surface area contributed by atoms with Crippen molar-refractivity contribution in [1.29, 1.82) is 0 Å². The van der Waals surface area contributed by atoms with Crippen molar-refractivity contribution in [3.05, 3.63) is 30.1 Å². The predicted octanol–water partition coefficient (Wildman–Crippen LogP) is 4.77. The zero-order chi connectivity index (χ0) is 14.6. The van der Waals surface area contributed by atoms with Crippen LogP contribution < -0.4 is 0 Å². The van der Waals surface area contributed by atoms with Crippen LogP contribution in [0.15, 0.2) is 24.5 Å². The highest BCUT2D eigenvalue weighted by molar-refractivity contribution is 5.89. The van der Waals surface area contributed by atoms with Crippen LogP contribution in [0.25, 0.3) is 0 Å². The van der Waals surface area contributed by atoms with Crippen molar-refractivity contribution in [3.63, 3.8) is 0 Å². The molecule has 3 nitrogen and oxygen atoms in total. The van der Waals surface area contributed by atoms with Gasteiger partial charge in [0.25, 0.3) is 0 Å². The minimum absolute atomic E-state index is 0.0360. The topological polar surface area (TPSA) is 39.2 Å². The average Bonchev–Trinajstić information content (AvgIpc) is 2.50. The molecule has 1 rings (SSSR count). The molecule has 0 saturated heterocycles. The molecule has 0 fully saturated rings. The molecule has 0 aliphatic carbocycles. The first kappa shape index (κ1) is 16.7. The number of hydrogen-bond acceptors (Lipinski definition) is 3. The molecule has 0 aliphatic rings. The summed E-state index contributed by atoms with van der Waals surface area (Å²) in [7, 11) is 0. The van der Waals surface area contributed by atoms with Gasteiger partial charge in [0.15, 0.2) is 0 Å². The molecular weight excluding hydrogens is 250 g/mol. The molecule has 0 aromatic carbocycles. The van der Waals surface area contributed by atoms with Crippen molar-refractivity contribution in [2.24, 2.45) is 0 Å². The number of pyridine rings is 1. The van der Waals surface area contributed by atoms with Crippen molar-refractivity contribution >= 4 is 5.97 Å². The van der Waals surface area contributed by atoms with Crippen molar-refractivity contribution < 1.29 is 9.53 Å². The maximum atomic E-state index is 11.9. The Morgan fingerprint density at radius 1 is 1.20 bits per heavy atom. The highest BCUT2D eigenvalue weighted by atomic mass is 16.5. The zero-order valence-electron chi connectivity index (χ0n) is 12.8. The van der Waals surface area contributed by atoms with E-state index in [1.165, 1.54) is 32.1 Å². The van der Waals surface area contributed by atoms with E-state index in [2.05, 4.69) is 18.8 Å². The van der Waals surface area contributed by atoms with Crippen LogP contribution in [0, 0.1) is 0 Å². The first-order chi connectivity index (χ1) is 9.77. The lowest BCUT2D eigenvalue weighted by Crippen LogP contribution is -2.17. The number of carbonyl (C=O) groups excluding carboxylic acids is 1. The smallest absolute Gasteiger partial charge is 0.339 e. The second-order valence-corrected chi connectivity index (χ2v) is 5.23. The molecule has 3 heteroatoms. The average molecular weight is 277 g/mol. The van der Waals surface area contributed by atoms with Gasteiger partial charge in [-0.15, -0.1) is 0 Å². The quantitative estimate of drug-likeness (QED) is 0.457. The monoisotopic (exact) mass is 277 g/mol. The molecule has 1 atom stereocenters. The normalized spacial score (nSPS) is 12.1. The minimum atomic E-state index is -0.254. The number of carbonyl (C=O) groups is 1. The number of hydrogen-bond donors (Lipinski definition) is 0. The van der Waals surface area contributed by atoms with Crippen molar-refractivity contribution in [2.45, 2.75) is 71.3 Å². The fourth-order valence-electron chi connectivity index (χ4n) is 2.20. The van der Waals surface area contributed by atoms with Gasteiger partial charge in [-0.25, -0.2) is 4.79 Å². The predicted molar refractivity (Wildman–Crippen MR) is 81.7 cm³/mol. The Hall–Kier alpha value is -1.38. The fraction of sp³-hybridized carbons (Fsp3) is 0.647. The van der Waals surface area contributed by atoms with Gasteiger partial charge in [-0.05, 0) is 31.4 Å². The van der Waals surface area contributed by atoms with Crippen molar-refractivity contribution in [1.82, 2.24) is 4.98 Å². The molecule has 1 aromatic rings. The van der Waals surface area contributed by atoms with E-state index < -0.39 is 0 Å². The summed E-state index contributed by atoms with van der Waals surface area (Å²) in [5.41, 5.74) is 0.536. The largest absolute Gasteiger partial charge is 0.459 e. The molecule has 20 heavy (non-hydrogen) atoms. The van der Waals surface area contributed by atoms with E-state index in [1.807, 2.05) is 0 Å². The molecule has 1 heterocycles. The van der Waals surface area contributed by atoms with E-state index in [0.29, 0.717) is 5.56 Å². The first-order valence-corrected chi connectivity index (χ1v) is 7.89. The molecule has 112 valence electrons. The Morgan fingerprint density at radius 2 is 1.95 bits per heavy atom. The SMILES string of the molecule is CCCCCCCCC(CC)OC(=O)c1cccnc1. The molecule has 0 aliphatic heterocycles. The lowest BCUT2D eigenvalue weighted by Gasteiger charge is -2.16. The summed E-state index contributed by atoms with van der Waals surface area (Å²) in [6, 6.07) is 3.50. The molecule has 0 spiro atoms. The number of nitrogens with zero attached hydrogens (tertiary/aromatic N) is 1. The van der Waals surface area contributed by atoms with E-state index >= 15 is 0 Å². The van der Waals surface area contributed by atoms with Gasteiger partial charge < -0.3 is 4.74 Å². The number of esters is 1. The lowest BCUT2D eigenvalue weighted by molar-refractivity contribution is 0.0266. The van der Waals surface area contributed by atoms with Gasteiger partial charge in [0.05, 0.1) is 5.56 Å². The second-order valence-electron chi connectivity index (χ2n) is 5.23. The minimum Gasteiger partial charge on any atom is -0.459 e. The van der Waals surface area contributed by atoms with Gasteiger partial charge in [0, 0.05) is 12.4 Å². The van der Waals surface area contributed by atoms with Crippen LogP contribution >= 0.6 is 0 Å². The number of unbranched alkanes of at least 4 members (excludes halogenated alkanes) is 5. The number of aromatic nitrogens is 1. The van der Waals surface area contributed by atoms with Crippen molar-refractivity contribution in [2.75, 3.05) is 0 Å². The third-order valence-corrected chi connectivity index (χ3v) is 3.51. The molecule has 0 bridgehead atoms. The zero-order valence-corrected chi connectivity index (χ0v) is 12.8. The first-order valence-electron chi connectivity index (χ1n) is 7.89. The van der Waals surface area contributed by atoms with Crippen molar-refractivity contribution in [3.8, 4) is 0 Å². The Kier molecular flexibility index (Phi) is 8.68. The van der Waals surface area contributed by atoms with Crippen LogP contribution in [0.5, 0.6) is 0 Å². The third-order valence-electron chi connectivity index (χ3n) is 3.51. The molecule has 0 radical (unpaired) electrons. The maximum absolute atomic E-state index is 11.9. The van der Waals surface area contributed by atoms with E-state index in [9.17, 15) is 4.79 Å². The highest BCUT2D eigenvalue weighted by Gasteiger charge is 2.14. The van der Waals surface area contributed by atoms with Gasteiger partial charge in [-0.1, -0.05) is 46.0 Å². The van der Waals surface area contributed by atoms with Gasteiger partial charge in [0.2, 0.25) is 0 Å². The summed E-state index contributed by atoms with van der Waals surface area (Å²) in [6.45, 7) is 4.29. The summed E-state index contributed by atoms with van der Waals surface area (Å²) in [5, 5.41) is 0. The van der Waals surface area contributed by atoms with E-state index in [0.717, 1.165) is 19.3 Å². The summed E-state index contributed by atoms with van der Waals surface area (Å²) in [5.74, 6) is -0.254. The Bertz CT molecular complexity index is 365. The summed E-state index contributed by atoms with van der Waals surface area (Å²) >= 11 is 0. The van der Waals surface area contributed by atoms with Crippen LogP contribution in [0.1, 0.15) is 75.6 Å². The van der Waals surface area contributed by atoms with Crippen LogP contribution in [-0.4, -0.2) is 17.1 Å². The summed E-state index contributed by atoms with van der Waals surface area (Å²) in [4.78, 5) is 15.9. The van der Waals surface area contributed by atoms with Gasteiger partial charge in [-0.2, -0.15) is 0 Å². The molecule has 0 amide bonds. The Balaban J connectivity index is 2.24. The fourth-order valence-corrected chi connectivity index (χ4v) is 2.20. The van der Waals surface area contributed by atoms with E-state index in [-0.39, 0.29) is 12.1 Å². The highest BCUT2D eigenvalue weighted by Crippen LogP contribution is 2.14. The lowest BCUT2D eigenvalue weighted by atomic mass is 10.1. The van der Waals surface area contributed by atoms with Gasteiger partial charge in [0.1, 0.15) is 6.10 Å². The van der Waals surface area contributed by atoms with E-state index in [4.69, 9.17) is 4.74 Å². The van der Waals surface area contributed by atoms with Crippen LogP contribution in [0.4, 0.5) is 0 Å². The number of rotatable bonds is 10. The summed E-state index contributed by atoms with van der Waals surface area (Å²) in [6.07, 6.45) is 12.7. The van der Waals surface area contributed by atoms with Gasteiger partial charge >= 0.3 is 5.97 Å². The number of ether oxygens (including phenoxy) is 1.